The smallest absolute Gasteiger partial charge is 0.310 e. The van der Waals surface area contributed by atoms with Crippen LogP contribution in [0.15, 0.2) is 24.3 Å². The molecule has 6 heteroatoms. The fourth-order valence-corrected chi connectivity index (χ4v) is 3.67. The minimum Gasteiger partial charge on any atom is -0.481 e. The molecule has 0 aromatic carbocycles. The zero-order valence-corrected chi connectivity index (χ0v) is 15.3. The monoisotopic (exact) mass is 354 g/mol. The van der Waals surface area contributed by atoms with Crippen molar-refractivity contribution in [3.8, 4) is 0 Å². The van der Waals surface area contributed by atoms with Crippen LogP contribution in [0.1, 0.15) is 33.4 Å². The maximum absolute atomic E-state index is 10.9. The third-order valence-electron chi connectivity index (χ3n) is 3.00. The van der Waals surface area contributed by atoms with Crippen molar-refractivity contribution >= 4 is 34.6 Å². The lowest BCUT2D eigenvalue weighted by Crippen LogP contribution is -2.02. The number of thiophene rings is 2. The Morgan fingerprint density at radius 1 is 0.913 bits per heavy atom. The van der Waals surface area contributed by atoms with Crippen LogP contribution in [0.5, 0.6) is 0 Å². The minimum absolute atomic E-state index is 0.157. The average Bonchev–Trinajstić information content (AvgIpc) is 3.16. The third-order valence-corrected chi connectivity index (χ3v) is 5.46. The number of rotatable bonds is 6. The summed E-state index contributed by atoms with van der Waals surface area (Å²) in [6.07, 6.45) is 2.59. The highest BCUT2D eigenvalue weighted by Crippen LogP contribution is 2.18. The molecule has 0 aliphatic carbocycles. The Morgan fingerprint density at radius 2 is 1.35 bits per heavy atom. The molecule has 0 spiro atoms. The summed E-state index contributed by atoms with van der Waals surface area (Å²) in [7, 11) is 1.41. The van der Waals surface area contributed by atoms with Gasteiger partial charge in [0, 0.05) is 19.5 Å². The summed E-state index contributed by atoms with van der Waals surface area (Å²) in [6.45, 7) is 4.17. The van der Waals surface area contributed by atoms with E-state index in [1.54, 1.807) is 22.7 Å². The summed E-state index contributed by atoms with van der Waals surface area (Å²) in [5, 5.41) is 8.46. The largest absolute Gasteiger partial charge is 0.481 e. The molecule has 0 radical (unpaired) electrons. The highest BCUT2D eigenvalue weighted by molar-refractivity contribution is 7.12. The van der Waals surface area contributed by atoms with Crippen LogP contribution in [0, 0.1) is 0 Å². The van der Waals surface area contributed by atoms with Crippen LogP contribution < -0.4 is 0 Å². The van der Waals surface area contributed by atoms with Gasteiger partial charge in [0.15, 0.2) is 0 Å². The van der Waals surface area contributed by atoms with Gasteiger partial charge in [-0.2, -0.15) is 0 Å². The van der Waals surface area contributed by atoms with Gasteiger partial charge in [0.25, 0.3) is 0 Å². The van der Waals surface area contributed by atoms with Gasteiger partial charge < -0.3 is 9.84 Å². The van der Waals surface area contributed by atoms with Gasteiger partial charge in [-0.3, -0.25) is 9.59 Å². The number of methoxy groups -OCH3 is 1. The van der Waals surface area contributed by atoms with E-state index < -0.39 is 5.97 Å². The standard InChI is InChI=1S/C9H12O2S.C8H10O2S/c1-3-7-4-5-8(12-7)6-9(10)11-2;1-2-6-3-4-7(11-6)5-8(9)10/h4-5H,3,6H2,1-2H3;3-4H,2,5H2,1H3,(H,9,10). The van der Waals surface area contributed by atoms with E-state index in [1.165, 1.54) is 16.9 Å². The molecular weight excluding hydrogens is 332 g/mol. The second-order valence-electron chi connectivity index (χ2n) is 4.77. The first-order chi connectivity index (χ1) is 11.0. The lowest BCUT2D eigenvalue weighted by atomic mass is 10.3. The summed E-state index contributed by atoms with van der Waals surface area (Å²) in [5.41, 5.74) is 0. The van der Waals surface area contributed by atoms with Crippen molar-refractivity contribution in [1.29, 1.82) is 0 Å². The van der Waals surface area contributed by atoms with Crippen LogP contribution in [-0.2, 0) is 40.0 Å². The van der Waals surface area contributed by atoms with Gasteiger partial charge in [0.1, 0.15) is 0 Å². The first-order valence-corrected chi connectivity index (χ1v) is 9.05. The summed E-state index contributed by atoms with van der Waals surface area (Å²) in [5.74, 6) is -0.922. The molecule has 1 N–H and O–H groups in total. The number of carboxylic acids is 1. The van der Waals surface area contributed by atoms with Crippen molar-refractivity contribution in [1.82, 2.24) is 0 Å². The average molecular weight is 354 g/mol. The number of hydrogen-bond donors (Lipinski definition) is 1. The van der Waals surface area contributed by atoms with Crippen LogP contribution in [0.25, 0.3) is 0 Å². The predicted octanol–water partition coefficient (Wildman–Crippen LogP) is 3.96. The molecule has 126 valence electrons. The Bertz CT molecular complexity index is 628. The zero-order chi connectivity index (χ0) is 17.2. The summed E-state index contributed by atoms with van der Waals surface area (Å²) in [4.78, 5) is 25.7. The summed E-state index contributed by atoms with van der Waals surface area (Å²) in [6, 6.07) is 7.92. The van der Waals surface area contributed by atoms with Crippen LogP contribution >= 0.6 is 22.7 Å². The van der Waals surface area contributed by atoms with Crippen molar-refractivity contribution < 1.29 is 19.4 Å². The van der Waals surface area contributed by atoms with E-state index in [-0.39, 0.29) is 12.4 Å². The van der Waals surface area contributed by atoms with E-state index in [2.05, 4.69) is 24.7 Å². The highest BCUT2D eigenvalue weighted by Gasteiger charge is 2.04. The van der Waals surface area contributed by atoms with E-state index in [4.69, 9.17) is 5.11 Å². The Labute approximate surface area is 144 Å². The third kappa shape index (κ3) is 7.43. The van der Waals surface area contributed by atoms with Crippen LogP contribution in [-0.4, -0.2) is 24.2 Å². The minimum atomic E-state index is -0.755. The van der Waals surface area contributed by atoms with Crippen LogP contribution in [0.4, 0.5) is 0 Å². The van der Waals surface area contributed by atoms with Gasteiger partial charge in [-0.05, 0) is 37.1 Å². The molecule has 0 saturated carbocycles. The lowest BCUT2D eigenvalue weighted by molar-refractivity contribution is -0.140. The molecule has 2 heterocycles. The lowest BCUT2D eigenvalue weighted by Gasteiger charge is -1.94. The molecule has 2 aromatic heterocycles. The molecular formula is C17H22O4S2. The SMILES string of the molecule is CCc1ccc(CC(=O)O)s1.CCc1ccc(CC(=O)OC)s1. The number of carbonyl (C=O) groups is 2. The van der Waals surface area contributed by atoms with E-state index in [0.29, 0.717) is 6.42 Å². The number of esters is 1. The van der Waals surface area contributed by atoms with Crippen LogP contribution in [0.2, 0.25) is 0 Å². The fourth-order valence-electron chi connectivity index (χ4n) is 1.78. The van der Waals surface area contributed by atoms with Gasteiger partial charge in [-0.15, -0.1) is 22.7 Å². The highest BCUT2D eigenvalue weighted by atomic mass is 32.1. The zero-order valence-electron chi connectivity index (χ0n) is 13.6. The first kappa shape index (κ1) is 19.4. The van der Waals surface area contributed by atoms with E-state index in [9.17, 15) is 9.59 Å². The quantitative estimate of drug-likeness (QED) is 0.798. The Hall–Kier alpha value is -1.66. The first-order valence-electron chi connectivity index (χ1n) is 7.42. The molecule has 0 fully saturated rings. The maximum Gasteiger partial charge on any atom is 0.310 e. The molecule has 0 bridgehead atoms. The van der Waals surface area contributed by atoms with Gasteiger partial charge in [-0.1, -0.05) is 13.8 Å². The van der Waals surface area contributed by atoms with Gasteiger partial charge in [0.2, 0.25) is 0 Å². The molecule has 23 heavy (non-hydrogen) atoms. The number of carboxylic acid groups (broad SMARTS) is 1. The second kappa shape index (κ2) is 10.2. The number of aliphatic carboxylic acids is 1. The van der Waals surface area contributed by atoms with E-state index >= 15 is 0 Å². The van der Waals surface area contributed by atoms with Gasteiger partial charge in [-0.25, -0.2) is 0 Å². The predicted molar refractivity (Wildman–Crippen MR) is 94.5 cm³/mol. The number of hydrogen-bond acceptors (Lipinski definition) is 5. The van der Waals surface area contributed by atoms with Gasteiger partial charge >= 0.3 is 11.9 Å². The Kier molecular flexibility index (Phi) is 8.58. The van der Waals surface area contributed by atoms with Crippen molar-refractivity contribution in [3.05, 3.63) is 43.8 Å². The Morgan fingerprint density at radius 3 is 1.70 bits per heavy atom. The number of ether oxygens (including phenoxy) is 1. The van der Waals surface area contributed by atoms with Crippen molar-refractivity contribution in [2.24, 2.45) is 0 Å². The molecule has 2 rings (SSSR count). The fraction of sp³-hybridized carbons (Fsp3) is 0.412. The molecule has 0 amide bonds. The molecule has 0 saturated heterocycles. The second-order valence-corrected chi connectivity index (χ2v) is 7.27. The molecule has 4 nitrogen and oxygen atoms in total. The number of carbonyl (C=O) groups excluding carboxylic acids is 1. The molecule has 0 unspecified atom stereocenters. The van der Waals surface area contributed by atoms with E-state index in [1.807, 2.05) is 18.2 Å². The molecule has 0 atom stereocenters. The molecule has 0 aliphatic rings. The summed E-state index contributed by atoms with van der Waals surface area (Å²) >= 11 is 3.26. The molecule has 2 aromatic rings. The van der Waals surface area contributed by atoms with Gasteiger partial charge in [0.05, 0.1) is 20.0 Å². The maximum atomic E-state index is 10.9. The van der Waals surface area contributed by atoms with Crippen molar-refractivity contribution in [2.45, 2.75) is 39.5 Å². The topological polar surface area (TPSA) is 63.6 Å². The summed E-state index contributed by atoms with van der Waals surface area (Å²) < 4.78 is 4.56. The number of aryl methyl sites for hydroxylation is 2. The molecule has 0 aliphatic heterocycles. The van der Waals surface area contributed by atoms with Crippen molar-refractivity contribution in [3.63, 3.8) is 0 Å². The van der Waals surface area contributed by atoms with Crippen molar-refractivity contribution in [2.75, 3.05) is 7.11 Å². The van der Waals surface area contributed by atoms with Crippen LogP contribution in [0.3, 0.4) is 0 Å². The normalized spacial score (nSPS) is 9.87. The van der Waals surface area contributed by atoms with E-state index in [0.717, 1.165) is 22.6 Å². The Balaban J connectivity index is 0.000000231.